The molecule has 2 aromatic rings. The van der Waals surface area contributed by atoms with Crippen LogP contribution in [0.3, 0.4) is 0 Å². The first kappa shape index (κ1) is 22.5. The van der Waals surface area contributed by atoms with Gasteiger partial charge in [-0.05, 0) is 75.1 Å². The Labute approximate surface area is 178 Å². The number of nitrogens with one attached hydrogen (secondary N) is 1. The lowest BCUT2D eigenvalue weighted by molar-refractivity contribution is 0.221. The molecule has 1 nitrogen and oxygen atoms in total. The average Bonchev–Trinajstić information content (AvgIpc) is 2.56. The predicted molar refractivity (Wildman–Crippen MR) is 122 cm³/mol. The minimum absolute atomic E-state index is 0.237. The third-order valence-corrected chi connectivity index (χ3v) is 5.39. The van der Waals surface area contributed by atoms with Crippen molar-refractivity contribution in [2.24, 2.45) is 0 Å². The number of rotatable bonds is 7. The summed E-state index contributed by atoms with van der Waals surface area (Å²) in [6.07, 6.45) is 1.70. The van der Waals surface area contributed by atoms with Crippen LogP contribution in [0.5, 0.6) is 0 Å². The van der Waals surface area contributed by atoms with Crippen molar-refractivity contribution < 1.29 is 4.39 Å². The molecule has 2 rings (SSSR count). The van der Waals surface area contributed by atoms with Gasteiger partial charge in [0, 0.05) is 22.3 Å². The summed E-state index contributed by atoms with van der Waals surface area (Å²) in [5, 5.41) is 3.99. The van der Waals surface area contributed by atoms with Gasteiger partial charge in [0.1, 0.15) is 5.67 Å². The minimum Gasteiger partial charge on any atom is -0.359 e. The molecule has 0 aliphatic rings. The Morgan fingerprint density at radius 2 is 1.79 bits per heavy atom. The SMILES string of the molecule is C=Cc1cc(NC(=C)C(c2cc(C(C)(C)F)ccc2C)C(C)(C)Cl)ccc1Cl. The molecule has 4 heteroatoms. The molecule has 28 heavy (non-hydrogen) atoms. The second-order valence-corrected chi connectivity index (χ2v) is 9.51. The van der Waals surface area contributed by atoms with Gasteiger partial charge in [-0.25, -0.2) is 4.39 Å². The summed E-state index contributed by atoms with van der Waals surface area (Å²) < 4.78 is 14.6. The summed E-state index contributed by atoms with van der Waals surface area (Å²) in [6, 6.07) is 11.3. The lowest BCUT2D eigenvalue weighted by Gasteiger charge is -2.33. The van der Waals surface area contributed by atoms with E-state index in [9.17, 15) is 4.39 Å². The summed E-state index contributed by atoms with van der Waals surface area (Å²) in [5.41, 5.74) is 3.58. The molecule has 0 fully saturated rings. The Balaban J connectivity index is 2.48. The van der Waals surface area contributed by atoms with E-state index in [0.717, 1.165) is 28.1 Å². The van der Waals surface area contributed by atoms with Crippen molar-refractivity contribution in [2.75, 3.05) is 5.32 Å². The van der Waals surface area contributed by atoms with Gasteiger partial charge in [-0.1, -0.05) is 49.0 Å². The van der Waals surface area contributed by atoms with E-state index >= 15 is 0 Å². The van der Waals surface area contributed by atoms with Crippen molar-refractivity contribution in [3.63, 3.8) is 0 Å². The van der Waals surface area contributed by atoms with Crippen LogP contribution in [0.25, 0.3) is 6.08 Å². The molecule has 1 N–H and O–H groups in total. The highest BCUT2D eigenvalue weighted by atomic mass is 35.5. The first-order valence-corrected chi connectivity index (χ1v) is 9.97. The highest BCUT2D eigenvalue weighted by Gasteiger charge is 2.33. The molecule has 0 bridgehead atoms. The number of allylic oxidation sites excluding steroid dienone is 1. The van der Waals surface area contributed by atoms with Gasteiger partial charge in [0.25, 0.3) is 0 Å². The van der Waals surface area contributed by atoms with E-state index in [1.165, 1.54) is 0 Å². The molecule has 0 aromatic heterocycles. The smallest absolute Gasteiger partial charge is 0.130 e. The van der Waals surface area contributed by atoms with Crippen LogP contribution in [0.4, 0.5) is 10.1 Å². The van der Waals surface area contributed by atoms with Crippen LogP contribution in [0, 0.1) is 6.92 Å². The van der Waals surface area contributed by atoms with Crippen molar-refractivity contribution in [1.29, 1.82) is 0 Å². The third-order valence-electron chi connectivity index (χ3n) is 4.83. The number of hydrogen-bond acceptors (Lipinski definition) is 1. The molecular formula is C24H28Cl2FN. The largest absolute Gasteiger partial charge is 0.359 e. The maximum Gasteiger partial charge on any atom is 0.130 e. The van der Waals surface area contributed by atoms with Crippen LogP contribution in [0.1, 0.15) is 55.9 Å². The van der Waals surface area contributed by atoms with Crippen molar-refractivity contribution in [3.05, 3.63) is 82.5 Å². The fourth-order valence-corrected chi connectivity index (χ4v) is 3.77. The van der Waals surface area contributed by atoms with E-state index in [-0.39, 0.29) is 5.92 Å². The van der Waals surface area contributed by atoms with Crippen molar-refractivity contribution in [1.82, 2.24) is 0 Å². The van der Waals surface area contributed by atoms with Gasteiger partial charge in [-0.2, -0.15) is 0 Å². The monoisotopic (exact) mass is 419 g/mol. The van der Waals surface area contributed by atoms with Gasteiger partial charge in [0.2, 0.25) is 0 Å². The van der Waals surface area contributed by atoms with Crippen molar-refractivity contribution in [2.45, 2.75) is 51.1 Å². The van der Waals surface area contributed by atoms with Crippen LogP contribution in [-0.4, -0.2) is 4.87 Å². The van der Waals surface area contributed by atoms with Gasteiger partial charge in [-0.3, -0.25) is 0 Å². The van der Waals surface area contributed by atoms with Gasteiger partial charge in [0.05, 0.1) is 4.87 Å². The van der Waals surface area contributed by atoms with E-state index in [0.29, 0.717) is 10.6 Å². The second-order valence-electron chi connectivity index (χ2n) is 8.13. The zero-order valence-electron chi connectivity index (χ0n) is 17.2. The number of aryl methyl sites for hydroxylation is 1. The molecule has 0 radical (unpaired) electrons. The molecule has 0 aliphatic carbocycles. The number of halogens is 3. The van der Waals surface area contributed by atoms with Gasteiger partial charge in [-0.15, -0.1) is 11.6 Å². The lowest BCUT2D eigenvalue weighted by atomic mass is 9.81. The number of hydrogen-bond donors (Lipinski definition) is 1. The molecule has 0 saturated carbocycles. The lowest BCUT2D eigenvalue weighted by Crippen LogP contribution is -2.28. The van der Waals surface area contributed by atoms with Crippen LogP contribution in [0.15, 0.2) is 55.3 Å². The van der Waals surface area contributed by atoms with E-state index in [1.54, 1.807) is 19.9 Å². The Hall–Kier alpha value is -1.77. The number of alkyl halides is 2. The molecule has 0 heterocycles. The Morgan fingerprint density at radius 3 is 2.32 bits per heavy atom. The highest BCUT2D eigenvalue weighted by molar-refractivity contribution is 6.32. The third kappa shape index (κ3) is 5.18. The average molecular weight is 420 g/mol. The Bertz CT molecular complexity index is 888. The van der Waals surface area contributed by atoms with E-state index in [2.05, 4.69) is 18.5 Å². The molecule has 2 aromatic carbocycles. The standard InChI is InChI=1S/C24H28Cl2FN/c1-8-17-13-19(11-12-21(17)25)28-16(3)22(23(4,5)26)20-14-18(24(6,7)27)10-9-15(20)2/h8-14,22,28H,1,3H2,2,4-7H3. The Kier molecular flexibility index (Phi) is 6.68. The van der Waals surface area contributed by atoms with Gasteiger partial charge in [0.15, 0.2) is 0 Å². The maximum atomic E-state index is 14.6. The fourth-order valence-electron chi connectivity index (χ4n) is 3.33. The van der Waals surface area contributed by atoms with Gasteiger partial charge < -0.3 is 5.32 Å². The maximum absolute atomic E-state index is 14.6. The summed E-state index contributed by atoms with van der Waals surface area (Å²) in [6.45, 7) is 17.0. The summed E-state index contributed by atoms with van der Waals surface area (Å²) in [4.78, 5) is -0.637. The highest BCUT2D eigenvalue weighted by Crippen LogP contribution is 2.42. The molecule has 0 aliphatic heterocycles. The fraction of sp³-hybridized carbons (Fsp3) is 0.333. The van der Waals surface area contributed by atoms with Crippen molar-refractivity contribution >= 4 is 35.0 Å². The molecule has 1 atom stereocenters. The Morgan fingerprint density at radius 1 is 1.14 bits per heavy atom. The minimum atomic E-state index is -1.44. The first-order valence-electron chi connectivity index (χ1n) is 9.21. The van der Waals surface area contributed by atoms with E-state index in [1.807, 2.05) is 57.2 Å². The molecule has 0 saturated heterocycles. The van der Waals surface area contributed by atoms with E-state index < -0.39 is 10.5 Å². The molecule has 0 spiro atoms. The second kappa shape index (κ2) is 8.31. The van der Waals surface area contributed by atoms with E-state index in [4.69, 9.17) is 23.2 Å². The first-order chi connectivity index (χ1) is 12.8. The molecule has 1 unspecified atom stereocenters. The quantitative estimate of drug-likeness (QED) is 0.445. The molecule has 0 amide bonds. The number of anilines is 1. The van der Waals surface area contributed by atoms with Crippen LogP contribution >= 0.6 is 23.2 Å². The summed E-state index contributed by atoms with van der Waals surface area (Å²) in [5.74, 6) is -0.237. The van der Waals surface area contributed by atoms with Crippen LogP contribution < -0.4 is 5.32 Å². The van der Waals surface area contributed by atoms with Gasteiger partial charge >= 0.3 is 0 Å². The normalized spacial score (nSPS) is 13.1. The molecule has 150 valence electrons. The summed E-state index contributed by atoms with van der Waals surface area (Å²) >= 11 is 13.0. The number of benzene rings is 2. The zero-order chi connectivity index (χ0) is 21.3. The topological polar surface area (TPSA) is 12.0 Å². The van der Waals surface area contributed by atoms with Crippen molar-refractivity contribution in [3.8, 4) is 0 Å². The van der Waals surface area contributed by atoms with Crippen LogP contribution in [0.2, 0.25) is 5.02 Å². The zero-order valence-corrected chi connectivity index (χ0v) is 18.7. The van der Waals surface area contributed by atoms with Crippen LogP contribution in [-0.2, 0) is 5.67 Å². The predicted octanol–water partition coefficient (Wildman–Crippen LogP) is 8.22. The molecular weight excluding hydrogens is 392 g/mol. The summed E-state index contributed by atoms with van der Waals surface area (Å²) in [7, 11) is 0.